The maximum atomic E-state index is 12.0. The minimum absolute atomic E-state index is 0.168. The molecule has 0 spiro atoms. The molecule has 1 aromatic rings. The van der Waals surface area contributed by atoms with Gasteiger partial charge >= 0.3 is 5.97 Å². The summed E-state index contributed by atoms with van der Waals surface area (Å²) >= 11 is 3.86. The number of carbonyl (C=O) groups excluding carboxylic acids is 2. The molecule has 1 aliphatic heterocycles. The number of thioether (sulfide) groups is 2. The van der Waals surface area contributed by atoms with E-state index < -0.39 is 5.97 Å². The number of hydrogen-bond acceptors (Lipinski definition) is 5. The number of hydrogen-bond donors (Lipinski definition) is 1. The predicted molar refractivity (Wildman–Crippen MR) is 94.7 cm³/mol. The highest BCUT2D eigenvalue weighted by Gasteiger charge is 2.29. The van der Waals surface area contributed by atoms with Gasteiger partial charge in [0.2, 0.25) is 0 Å². The first-order valence-corrected chi connectivity index (χ1v) is 10.0. The fourth-order valence-corrected chi connectivity index (χ4v) is 5.41. The van der Waals surface area contributed by atoms with E-state index in [2.05, 4.69) is 5.32 Å². The summed E-state index contributed by atoms with van der Waals surface area (Å²) in [7, 11) is 0. The van der Waals surface area contributed by atoms with Gasteiger partial charge in [-0.1, -0.05) is 12.1 Å². The SMILES string of the molecule is C[C@@H](NC(=O)COC(=O)c1ccc(C2SCCS2)cc1)C1CC1. The van der Waals surface area contributed by atoms with E-state index in [0.717, 1.165) is 0 Å². The number of rotatable bonds is 6. The van der Waals surface area contributed by atoms with Gasteiger partial charge < -0.3 is 10.1 Å². The quantitative estimate of drug-likeness (QED) is 0.798. The zero-order chi connectivity index (χ0) is 16.2. The Hall–Kier alpha value is -1.14. The maximum Gasteiger partial charge on any atom is 0.338 e. The molecule has 1 aromatic carbocycles. The Labute approximate surface area is 145 Å². The van der Waals surface area contributed by atoms with Crippen molar-refractivity contribution in [1.29, 1.82) is 0 Å². The van der Waals surface area contributed by atoms with Crippen LogP contribution in [0.15, 0.2) is 24.3 Å². The Morgan fingerprint density at radius 2 is 1.87 bits per heavy atom. The van der Waals surface area contributed by atoms with E-state index in [0.29, 0.717) is 16.1 Å². The predicted octanol–water partition coefficient (Wildman–Crippen LogP) is 3.24. The highest BCUT2D eigenvalue weighted by molar-refractivity contribution is 8.19. The highest BCUT2D eigenvalue weighted by atomic mass is 32.2. The third kappa shape index (κ3) is 4.67. The normalized spacial score (nSPS) is 19.3. The Morgan fingerprint density at radius 1 is 1.22 bits per heavy atom. The van der Waals surface area contributed by atoms with Crippen molar-refractivity contribution in [3.05, 3.63) is 35.4 Å². The van der Waals surface area contributed by atoms with Crippen LogP contribution in [0.3, 0.4) is 0 Å². The van der Waals surface area contributed by atoms with Gasteiger partial charge in [-0.05, 0) is 43.4 Å². The fraction of sp³-hybridized carbons (Fsp3) is 0.529. The topological polar surface area (TPSA) is 55.4 Å². The summed E-state index contributed by atoms with van der Waals surface area (Å²) in [5.41, 5.74) is 1.72. The van der Waals surface area contributed by atoms with Crippen LogP contribution >= 0.6 is 23.5 Å². The summed E-state index contributed by atoms with van der Waals surface area (Å²) in [5, 5.41) is 2.87. The first-order valence-electron chi connectivity index (χ1n) is 7.93. The Kier molecular flexibility index (Phi) is 5.54. The molecule has 3 rings (SSSR count). The molecule has 1 heterocycles. The molecule has 0 aromatic heterocycles. The van der Waals surface area contributed by atoms with Crippen LogP contribution in [-0.2, 0) is 9.53 Å². The van der Waals surface area contributed by atoms with Crippen molar-refractivity contribution in [2.75, 3.05) is 18.1 Å². The summed E-state index contributed by atoms with van der Waals surface area (Å²) in [4.78, 5) is 23.8. The average Bonchev–Trinajstić information content (AvgIpc) is 3.28. The first kappa shape index (κ1) is 16.7. The summed E-state index contributed by atoms with van der Waals surface area (Å²) in [6, 6.07) is 7.68. The second-order valence-corrected chi connectivity index (χ2v) is 8.69. The van der Waals surface area contributed by atoms with Gasteiger partial charge in [-0.2, -0.15) is 0 Å². The van der Waals surface area contributed by atoms with Crippen molar-refractivity contribution in [2.45, 2.75) is 30.4 Å². The standard InChI is InChI=1S/C17H21NO3S2/c1-11(12-2-3-12)18-15(19)10-21-16(20)13-4-6-14(7-5-13)17-22-8-9-23-17/h4-7,11-12,17H,2-3,8-10H2,1H3,(H,18,19)/t11-/m1/s1. The van der Waals surface area contributed by atoms with Crippen LogP contribution in [-0.4, -0.2) is 36.0 Å². The molecule has 1 N–H and O–H groups in total. The first-order chi connectivity index (χ1) is 11.1. The van der Waals surface area contributed by atoms with Crippen LogP contribution in [0, 0.1) is 5.92 Å². The zero-order valence-electron chi connectivity index (χ0n) is 13.1. The molecular weight excluding hydrogens is 330 g/mol. The van der Waals surface area contributed by atoms with E-state index in [9.17, 15) is 9.59 Å². The molecule has 0 bridgehead atoms. The van der Waals surface area contributed by atoms with Gasteiger partial charge in [-0.3, -0.25) is 4.79 Å². The monoisotopic (exact) mass is 351 g/mol. The van der Waals surface area contributed by atoms with E-state index in [1.165, 1.54) is 29.9 Å². The molecule has 23 heavy (non-hydrogen) atoms. The van der Waals surface area contributed by atoms with Crippen molar-refractivity contribution in [3.8, 4) is 0 Å². The van der Waals surface area contributed by atoms with Crippen molar-refractivity contribution in [3.63, 3.8) is 0 Å². The highest BCUT2D eigenvalue weighted by Crippen LogP contribution is 2.45. The van der Waals surface area contributed by atoms with Crippen LogP contribution in [0.5, 0.6) is 0 Å². The molecule has 6 heteroatoms. The summed E-state index contributed by atoms with van der Waals surface area (Å²) < 4.78 is 5.56. The number of amides is 1. The van der Waals surface area contributed by atoms with Gasteiger partial charge in [0, 0.05) is 17.5 Å². The third-order valence-corrected chi connectivity index (χ3v) is 7.20. The average molecular weight is 351 g/mol. The number of ether oxygens (including phenoxy) is 1. The van der Waals surface area contributed by atoms with E-state index in [1.807, 2.05) is 42.6 Å². The van der Waals surface area contributed by atoms with Crippen LogP contribution in [0.2, 0.25) is 0 Å². The van der Waals surface area contributed by atoms with E-state index in [4.69, 9.17) is 4.74 Å². The van der Waals surface area contributed by atoms with Crippen LogP contribution in [0.25, 0.3) is 0 Å². The molecule has 4 nitrogen and oxygen atoms in total. The summed E-state index contributed by atoms with van der Waals surface area (Å²) in [6.45, 7) is 1.78. The minimum Gasteiger partial charge on any atom is -0.452 e. The van der Waals surface area contributed by atoms with E-state index in [1.54, 1.807) is 12.1 Å². The molecule has 0 unspecified atom stereocenters. The molecular formula is C17H21NO3S2. The number of carbonyl (C=O) groups is 2. The van der Waals surface area contributed by atoms with Crippen LogP contribution in [0.4, 0.5) is 0 Å². The molecule has 1 atom stereocenters. The molecule has 1 saturated heterocycles. The van der Waals surface area contributed by atoms with Crippen LogP contribution < -0.4 is 5.32 Å². The van der Waals surface area contributed by atoms with Gasteiger partial charge in [0.25, 0.3) is 5.91 Å². The minimum atomic E-state index is -0.447. The van der Waals surface area contributed by atoms with Crippen LogP contribution in [0.1, 0.15) is 40.3 Å². The van der Waals surface area contributed by atoms with Crippen molar-refractivity contribution in [1.82, 2.24) is 5.32 Å². The molecule has 2 fully saturated rings. The number of esters is 1. The lowest BCUT2D eigenvalue weighted by Crippen LogP contribution is -2.37. The van der Waals surface area contributed by atoms with Crippen molar-refractivity contribution < 1.29 is 14.3 Å². The Bertz CT molecular complexity index is 566. The lowest BCUT2D eigenvalue weighted by Gasteiger charge is -2.13. The smallest absolute Gasteiger partial charge is 0.338 e. The van der Waals surface area contributed by atoms with Crippen molar-refractivity contribution >= 4 is 35.4 Å². The summed E-state index contributed by atoms with van der Waals surface area (Å²) in [5.74, 6) is 2.26. The van der Waals surface area contributed by atoms with Crippen molar-refractivity contribution in [2.24, 2.45) is 5.92 Å². The largest absolute Gasteiger partial charge is 0.452 e. The second-order valence-electron chi connectivity index (χ2n) is 5.97. The Morgan fingerprint density at radius 3 is 2.48 bits per heavy atom. The van der Waals surface area contributed by atoms with Gasteiger partial charge in [0.15, 0.2) is 6.61 Å². The number of nitrogens with one attached hydrogen (secondary N) is 1. The van der Waals surface area contributed by atoms with Gasteiger partial charge in [0.1, 0.15) is 0 Å². The molecule has 1 amide bonds. The Balaban J connectivity index is 1.46. The second kappa shape index (κ2) is 7.62. The molecule has 1 aliphatic carbocycles. The summed E-state index contributed by atoms with van der Waals surface area (Å²) in [6.07, 6.45) is 2.34. The number of benzene rings is 1. The maximum absolute atomic E-state index is 12.0. The van der Waals surface area contributed by atoms with Gasteiger partial charge in [-0.25, -0.2) is 4.79 Å². The lowest BCUT2D eigenvalue weighted by molar-refractivity contribution is -0.124. The zero-order valence-corrected chi connectivity index (χ0v) is 14.8. The van der Waals surface area contributed by atoms with Gasteiger partial charge in [0.05, 0.1) is 10.1 Å². The molecule has 0 radical (unpaired) electrons. The van der Waals surface area contributed by atoms with E-state index >= 15 is 0 Å². The van der Waals surface area contributed by atoms with E-state index in [-0.39, 0.29) is 18.6 Å². The molecule has 124 valence electrons. The molecule has 1 saturated carbocycles. The third-order valence-electron chi connectivity index (χ3n) is 4.09. The lowest BCUT2D eigenvalue weighted by atomic mass is 10.1. The fourth-order valence-electron chi connectivity index (χ4n) is 2.55. The van der Waals surface area contributed by atoms with Gasteiger partial charge in [-0.15, -0.1) is 23.5 Å². The molecule has 2 aliphatic rings.